The Hall–Kier alpha value is -2.38. The van der Waals surface area contributed by atoms with Crippen LogP contribution in [0.5, 0.6) is 0 Å². The number of hydrogen-bond acceptors (Lipinski definition) is 2. The minimum absolute atomic E-state index is 0.640. The maximum absolute atomic E-state index is 8.86. The lowest BCUT2D eigenvalue weighted by Gasteiger charge is -2.08. The Morgan fingerprint density at radius 2 is 1.70 bits per heavy atom. The third-order valence-electron chi connectivity index (χ3n) is 3.01. The topological polar surface area (TPSA) is 41.6 Å². The summed E-state index contributed by atoms with van der Waals surface area (Å²) in [6.07, 6.45) is 1.78. The lowest BCUT2D eigenvalue weighted by Crippen LogP contribution is -1.99. The lowest BCUT2D eigenvalue weighted by molar-refractivity contribution is 0.888. The second-order valence-corrected chi connectivity index (χ2v) is 5.13. The van der Waals surface area contributed by atoms with Crippen molar-refractivity contribution in [1.82, 2.24) is 9.78 Å². The van der Waals surface area contributed by atoms with Crippen LogP contribution in [0.15, 0.2) is 65.3 Å². The fourth-order valence-corrected chi connectivity index (χ4v) is 2.55. The second-order valence-electron chi connectivity index (χ2n) is 4.28. The molecule has 0 saturated carbocycles. The summed E-state index contributed by atoms with van der Waals surface area (Å²) < 4.78 is 2.80. The van der Waals surface area contributed by atoms with Gasteiger partial charge in [-0.2, -0.15) is 10.4 Å². The zero-order valence-electron chi connectivity index (χ0n) is 10.5. The van der Waals surface area contributed by atoms with Crippen LogP contribution < -0.4 is 0 Å². The van der Waals surface area contributed by atoms with E-state index in [1.807, 2.05) is 47.1 Å². The van der Waals surface area contributed by atoms with E-state index in [0.29, 0.717) is 5.56 Å². The van der Waals surface area contributed by atoms with Crippen molar-refractivity contribution in [2.45, 2.75) is 0 Å². The summed E-state index contributed by atoms with van der Waals surface area (Å²) in [6.45, 7) is 0. The molecule has 20 heavy (non-hydrogen) atoms. The maximum Gasteiger partial charge on any atom is 0.0991 e. The van der Waals surface area contributed by atoms with Crippen LogP contribution in [0.2, 0.25) is 0 Å². The van der Waals surface area contributed by atoms with Crippen molar-refractivity contribution >= 4 is 15.9 Å². The van der Waals surface area contributed by atoms with Gasteiger partial charge in [0.1, 0.15) is 0 Å². The van der Waals surface area contributed by atoms with E-state index in [-0.39, 0.29) is 0 Å². The molecule has 4 heteroatoms. The summed E-state index contributed by atoms with van der Waals surface area (Å²) in [4.78, 5) is 0. The van der Waals surface area contributed by atoms with Gasteiger partial charge in [0.05, 0.1) is 33.7 Å². The van der Waals surface area contributed by atoms with Crippen molar-refractivity contribution < 1.29 is 0 Å². The number of aromatic nitrogens is 2. The highest BCUT2D eigenvalue weighted by atomic mass is 79.9. The van der Waals surface area contributed by atoms with Gasteiger partial charge in [0.15, 0.2) is 0 Å². The van der Waals surface area contributed by atoms with E-state index >= 15 is 0 Å². The Kier molecular flexibility index (Phi) is 3.36. The van der Waals surface area contributed by atoms with Gasteiger partial charge >= 0.3 is 0 Å². The molecule has 0 amide bonds. The van der Waals surface area contributed by atoms with E-state index in [4.69, 9.17) is 5.26 Å². The minimum atomic E-state index is 0.640. The molecule has 0 radical (unpaired) electrons. The summed E-state index contributed by atoms with van der Waals surface area (Å²) in [6, 6.07) is 19.6. The molecule has 0 bridgehead atoms. The fraction of sp³-hybridized carbons (Fsp3) is 0. The number of nitriles is 1. The number of halogens is 1. The first-order valence-electron chi connectivity index (χ1n) is 6.09. The average molecular weight is 324 g/mol. The predicted molar refractivity (Wildman–Crippen MR) is 81.4 cm³/mol. The van der Waals surface area contributed by atoms with Gasteiger partial charge in [-0.15, -0.1) is 0 Å². The van der Waals surface area contributed by atoms with Gasteiger partial charge in [-0.3, -0.25) is 0 Å². The summed E-state index contributed by atoms with van der Waals surface area (Å²) in [5.41, 5.74) is 3.64. The first kappa shape index (κ1) is 12.6. The van der Waals surface area contributed by atoms with Gasteiger partial charge in [-0.25, -0.2) is 4.68 Å². The van der Waals surface area contributed by atoms with Gasteiger partial charge in [0, 0.05) is 5.56 Å². The number of benzene rings is 2. The van der Waals surface area contributed by atoms with Crippen LogP contribution in [-0.2, 0) is 0 Å². The molecule has 2 aromatic carbocycles. The van der Waals surface area contributed by atoms with Crippen molar-refractivity contribution in [2.75, 3.05) is 0 Å². The van der Waals surface area contributed by atoms with Crippen molar-refractivity contribution in [3.05, 3.63) is 70.8 Å². The highest BCUT2D eigenvalue weighted by molar-refractivity contribution is 9.10. The summed E-state index contributed by atoms with van der Waals surface area (Å²) in [5, 5.41) is 13.3. The highest BCUT2D eigenvalue weighted by Crippen LogP contribution is 2.30. The molecule has 1 aromatic heterocycles. The first-order chi connectivity index (χ1) is 9.79. The number of nitrogens with zero attached hydrogens (tertiary/aromatic N) is 3. The zero-order chi connectivity index (χ0) is 13.9. The van der Waals surface area contributed by atoms with Crippen LogP contribution >= 0.6 is 15.9 Å². The molecule has 3 nitrogen and oxygen atoms in total. The Labute approximate surface area is 125 Å². The lowest BCUT2D eigenvalue weighted by atomic mass is 10.1. The van der Waals surface area contributed by atoms with Gasteiger partial charge in [0.25, 0.3) is 0 Å². The van der Waals surface area contributed by atoms with E-state index in [1.54, 1.807) is 18.3 Å². The average Bonchev–Trinajstić information content (AvgIpc) is 2.90. The Bertz CT molecular complexity index is 768. The SMILES string of the molecule is N#Cc1ccc(-n2ncc(Br)c2-c2ccccc2)cc1. The highest BCUT2D eigenvalue weighted by Gasteiger charge is 2.12. The Balaban J connectivity index is 2.13. The molecule has 0 saturated heterocycles. The summed E-state index contributed by atoms with van der Waals surface area (Å²) >= 11 is 3.54. The van der Waals surface area contributed by atoms with E-state index < -0.39 is 0 Å². The summed E-state index contributed by atoms with van der Waals surface area (Å²) in [7, 11) is 0. The third-order valence-corrected chi connectivity index (χ3v) is 3.59. The molecule has 3 rings (SSSR count). The molecule has 0 aliphatic carbocycles. The molecule has 0 atom stereocenters. The van der Waals surface area contributed by atoms with Gasteiger partial charge < -0.3 is 0 Å². The monoisotopic (exact) mass is 323 g/mol. The molecule has 0 spiro atoms. The van der Waals surface area contributed by atoms with Gasteiger partial charge in [-0.1, -0.05) is 30.3 Å². The van der Waals surface area contributed by atoms with Crippen molar-refractivity contribution in [3.63, 3.8) is 0 Å². The van der Waals surface area contributed by atoms with E-state index in [2.05, 4.69) is 27.1 Å². The normalized spacial score (nSPS) is 10.2. The molecule has 0 aliphatic rings. The fourth-order valence-electron chi connectivity index (χ4n) is 2.06. The molecule has 1 heterocycles. The smallest absolute Gasteiger partial charge is 0.0991 e. The zero-order valence-corrected chi connectivity index (χ0v) is 12.1. The molecule has 0 fully saturated rings. The second kappa shape index (κ2) is 5.32. The quantitative estimate of drug-likeness (QED) is 0.710. The Morgan fingerprint density at radius 3 is 2.35 bits per heavy atom. The van der Waals surface area contributed by atoms with Crippen LogP contribution in [-0.4, -0.2) is 9.78 Å². The van der Waals surface area contributed by atoms with E-state index in [1.165, 1.54) is 0 Å². The van der Waals surface area contributed by atoms with Crippen molar-refractivity contribution in [1.29, 1.82) is 5.26 Å². The van der Waals surface area contributed by atoms with Crippen LogP contribution in [0.4, 0.5) is 0 Å². The maximum atomic E-state index is 8.86. The Morgan fingerprint density at radius 1 is 1.00 bits per heavy atom. The first-order valence-corrected chi connectivity index (χ1v) is 6.88. The van der Waals surface area contributed by atoms with Crippen molar-refractivity contribution in [2.24, 2.45) is 0 Å². The molecule has 0 aliphatic heterocycles. The van der Waals surface area contributed by atoms with Crippen LogP contribution in [0.3, 0.4) is 0 Å². The largest absolute Gasteiger partial charge is 0.232 e. The molecule has 3 aromatic rings. The standard InChI is InChI=1S/C16H10BrN3/c17-15-11-19-20(14-8-6-12(10-18)7-9-14)16(15)13-4-2-1-3-5-13/h1-9,11H. The number of hydrogen-bond donors (Lipinski definition) is 0. The third kappa shape index (κ3) is 2.24. The van der Waals surface area contributed by atoms with Crippen LogP contribution in [0.1, 0.15) is 5.56 Å². The van der Waals surface area contributed by atoms with Crippen molar-refractivity contribution in [3.8, 4) is 23.0 Å². The molecule has 96 valence electrons. The molecule has 0 N–H and O–H groups in total. The predicted octanol–water partition coefficient (Wildman–Crippen LogP) is 4.17. The van der Waals surface area contributed by atoms with Gasteiger partial charge in [0.2, 0.25) is 0 Å². The molecule has 0 unspecified atom stereocenters. The number of rotatable bonds is 2. The van der Waals surface area contributed by atoms with Gasteiger partial charge in [-0.05, 0) is 40.2 Å². The molecular formula is C16H10BrN3. The van der Waals surface area contributed by atoms with Crippen LogP contribution in [0, 0.1) is 11.3 Å². The summed E-state index contributed by atoms with van der Waals surface area (Å²) in [5.74, 6) is 0. The van der Waals surface area contributed by atoms with Crippen LogP contribution in [0.25, 0.3) is 16.9 Å². The molecular weight excluding hydrogens is 314 g/mol. The minimum Gasteiger partial charge on any atom is -0.232 e. The van der Waals surface area contributed by atoms with E-state index in [9.17, 15) is 0 Å². The van der Waals surface area contributed by atoms with E-state index in [0.717, 1.165) is 21.4 Å².